The van der Waals surface area contributed by atoms with E-state index in [0.717, 1.165) is 15.0 Å². The molecule has 4 N–H and O–H groups in total. The van der Waals surface area contributed by atoms with Gasteiger partial charge >= 0.3 is 11.7 Å². The normalized spacial score (nSPS) is 10.9. The van der Waals surface area contributed by atoms with E-state index in [0.29, 0.717) is 45.4 Å². The molecule has 5 aromatic rings. The molecule has 0 aliphatic heterocycles. The van der Waals surface area contributed by atoms with Gasteiger partial charge in [-0.3, -0.25) is 4.79 Å². The number of hydrogen-bond acceptors (Lipinski definition) is 5. The summed E-state index contributed by atoms with van der Waals surface area (Å²) in [6.45, 7) is 0.792. The van der Waals surface area contributed by atoms with Gasteiger partial charge in [-0.1, -0.05) is 23.7 Å². The number of nitrogens with zero attached hydrogens (tertiary/aromatic N) is 1. The molecule has 5 rings (SSSR count). The van der Waals surface area contributed by atoms with Crippen molar-refractivity contribution in [3.63, 3.8) is 0 Å². The van der Waals surface area contributed by atoms with Gasteiger partial charge in [0.15, 0.2) is 0 Å². The van der Waals surface area contributed by atoms with Crippen LogP contribution in [0.2, 0.25) is 4.34 Å². The maximum absolute atomic E-state index is 13.2. The lowest BCUT2D eigenvalue weighted by molar-refractivity contribution is 0.252. The third-order valence-electron chi connectivity index (χ3n) is 5.74. The highest BCUT2D eigenvalue weighted by Gasteiger charge is 2.11. The maximum atomic E-state index is 13.2. The summed E-state index contributed by atoms with van der Waals surface area (Å²) < 4.78 is 14.8. The minimum absolute atomic E-state index is 0.305. The van der Waals surface area contributed by atoms with E-state index in [1.165, 1.54) is 23.5 Å². The quantitative estimate of drug-likeness (QED) is 0.216. The molecule has 0 saturated carbocycles. The number of H-pyrrole nitrogens is 1. The van der Waals surface area contributed by atoms with Crippen LogP contribution in [0.3, 0.4) is 0 Å². The molecule has 2 amide bonds. The number of hydrogen-bond donors (Lipinski definition) is 4. The molecule has 0 atom stereocenters. The summed E-state index contributed by atoms with van der Waals surface area (Å²) in [6.07, 6.45) is 0. The van der Waals surface area contributed by atoms with Crippen LogP contribution in [-0.4, -0.2) is 15.6 Å². The number of aromatic amines is 1. The fourth-order valence-electron chi connectivity index (χ4n) is 3.85. The lowest BCUT2D eigenvalue weighted by Gasteiger charge is -2.11. The fourth-order valence-corrected chi connectivity index (χ4v) is 4.88. The second kappa shape index (κ2) is 10.9. The van der Waals surface area contributed by atoms with Crippen LogP contribution >= 0.6 is 22.9 Å². The van der Waals surface area contributed by atoms with Crippen molar-refractivity contribution in [1.82, 2.24) is 14.9 Å². The molecule has 3 aromatic carbocycles. The standard InChI is InChI=1S/C27H21ClFN5O3S/c28-24-12-10-21(38-24)15-31-26(36)32-18-5-8-20(9-6-18)34-25(35)22-11-7-19(13-23(22)33-27(34)37)30-14-16-1-3-17(29)4-2-16/h1-13,30H,14-15H2,(H,33,37)(H2,31,32,36). The van der Waals surface area contributed by atoms with E-state index >= 15 is 0 Å². The van der Waals surface area contributed by atoms with Crippen LogP contribution in [0.15, 0.2) is 88.5 Å². The van der Waals surface area contributed by atoms with E-state index in [4.69, 9.17) is 11.6 Å². The number of thiophene rings is 1. The molecular weight excluding hydrogens is 529 g/mol. The van der Waals surface area contributed by atoms with Crippen molar-refractivity contribution in [1.29, 1.82) is 0 Å². The summed E-state index contributed by atoms with van der Waals surface area (Å²) in [7, 11) is 0. The van der Waals surface area contributed by atoms with Crippen LogP contribution in [0.4, 0.5) is 20.6 Å². The van der Waals surface area contributed by atoms with Crippen molar-refractivity contribution in [3.8, 4) is 5.69 Å². The number of rotatable bonds is 7. The number of carbonyl (C=O) groups is 1. The van der Waals surface area contributed by atoms with E-state index in [9.17, 15) is 18.8 Å². The maximum Gasteiger partial charge on any atom is 0.333 e. The van der Waals surface area contributed by atoms with Gasteiger partial charge < -0.3 is 20.9 Å². The Kier molecular flexibility index (Phi) is 7.25. The summed E-state index contributed by atoms with van der Waals surface area (Å²) in [5, 5.41) is 8.99. The van der Waals surface area contributed by atoms with Crippen molar-refractivity contribution >= 4 is 51.2 Å². The van der Waals surface area contributed by atoms with E-state index in [-0.39, 0.29) is 5.82 Å². The smallest absolute Gasteiger partial charge is 0.333 e. The Balaban J connectivity index is 1.29. The van der Waals surface area contributed by atoms with Gasteiger partial charge in [0, 0.05) is 22.8 Å². The Morgan fingerprint density at radius 2 is 1.66 bits per heavy atom. The van der Waals surface area contributed by atoms with Crippen molar-refractivity contribution in [3.05, 3.63) is 120 Å². The Morgan fingerprint density at radius 3 is 2.37 bits per heavy atom. The summed E-state index contributed by atoms with van der Waals surface area (Å²) in [5.41, 5.74) is 1.77. The second-order valence-corrected chi connectivity index (χ2v) is 10.2. The number of fused-ring (bicyclic) bond motifs is 1. The molecule has 11 heteroatoms. The molecule has 192 valence electrons. The van der Waals surface area contributed by atoms with E-state index in [1.807, 2.05) is 6.07 Å². The summed E-state index contributed by atoms with van der Waals surface area (Å²) >= 11 is 7.28. The number of amides is 2. The molecule has 0 unspecified atom stereocenters. The van der Waals surface area contributed by atoms with E-state index in [1.54, 1.807) is 60.7 Å². The average Bonchev–Trinajstić information content (AvgIpc) is 3.33. The number of urea groups is 1. The fraction of sp³-hybridized carbons (Fsp3) is 0.0741. The van der Waals surface area contributed by atoms with Gasteiger partial charge in [0.2, 0.25) is 0 Å². The van der Waals surface area contributed by atoms with Crippen molar-refractivity contribution in [2.45, 2.75) is 13.1 Å². The molecule has 0 radical (unpaired) electrons. The first-order valence-corrected chi connectivity index (χ1v) is 12.7. The number of anilines is 2. The second-order valence-electron chi connectivity index (χ2n) is 8.37. The Bertz CT molecular complexity index is 1730. The van der Waals surface area contributed by atoms with Crippen molar-refractivity contribution in [2.24, 2.45) is 0 Å². The van der Waals surface area contributed by atoms with Gasteiger partial charge in [0.05, 0.1) is 27.5 Å². The van der Waals surface area contributed by atoms with Gasteiger partial charge in [-0.2, -0.15) is 0 Å². The highest BCUT2D eigenvalue weighted by Crippen LogP contribution is 2.21. The molecule has 0 saturated heterocycles. The van der Waals surface area contributed by atoms with Crippen LogP contribution < -0.4 is 27.2 Å². The highest BCUT2D eigenvalue weighted by atomic mass is 35.5. The first-order valence-electron chi connectivity index (χ1n) is 11.5. The topological polar surface area (TPSA) is 108 Å². The first-order chi connectivity index (χ1) is 18.4. The zero-order valence-electron chi connectivity index (χ0n) is 19.8. The van der Waals surface area contributed by atoms with Crippen LogP contribution in [0.25, 0.3) is 16.6 Å². The lowest BCUT2D eigenvalue weighted by Crippen LogP contribution is -2.33. The predicted octanol–water partition coefficient (Wildman–Crippen LogP) is 5.47. The number of nitrogens with one attached hydrogen (secondary N) is 4. The number of benzene rings is 3. The van der Waals surface area contributed by atoms with Gasteiger partial charge in [-0.15, -0.1) is 11.3 Å². The van der Waals surface area contributed by atoms with Gasteiger partial charge in [-0.25, -0.2) is 18.5 Å². The molecule has 0 fully saturated rings. The van der Waals surface area contributed by atoms with Crippen LogP contribution in [0, 0.1) is 5.82 Å². The monoisotopic (exact) mass is 549 g/mol. The molecule has 0 aliphatic rings. The molecular formula is C27H21ClFN5O3S. The highest BCUT2D eigenvalue weighted by molar-refractivity contribution is 7.16. The lowest BCUT2D eigenvalue weighted by atomic mass is 10.2. The summed E-state index contributed by atoms with van der Waals surface area (Å²) in [5.74, 6) is -0.305. The summed E-state index contributed by atoms with van der Waals surface area (Å²) in [6, 6.07) is 20.8. The third kappa shape index (κ3) is 5.77. The predicted molar refractivity (Wildman–Crippen MR) is 149 cm³/mol. The van der Waals surface area contributed by atoms with Gasteiger partial charge in [0.1, 0.15) is 5.82 Å². The van der Waals surface area contributed by atoms with Crippen LogP contribution in [0.1, 0.15) is 10.4 Å². The molecule has 2 heterocycles. The minimum Gasteiger partial charge on any atom is -0.381 e. The Labute approximate surface area is 224 Å². The molecule has 0 bridgehead atoms. The van der Waals surface area contributed by atoms with Crippen LogP contribution in [-0.2, 0) is 13.1 Å². The van der Waals surface area contributed by atoms with Crippen molar-refractivity contribution in [2.75, 3.05) is 10.6 Å². The number of halogens is 2. The van der Waals surface area contributed by atoms with Gasteiger partial charge in [0.25, 0.3) is 5.56 Å². The van der Waals surface area contributed by atoms with E-state index in [2.05, 4.69) is 20.9 Å². The SMILES string of the molecule is O=C(NCc1ccc(Cl)s1)Nc1ccc(-n2c(=O)[nH]c3cc(NCc4ccc(F)cc4)ccc3c2=O)cc1. The first kappa shape index (κ1) is 25.2. The number of carbonyl (C=O) groups excluding carboxylic acids is 1. The minimum atomic E-state index is -0.591. The molecule has 2 aromatic heterocycles. The Hall–Kier alpha value is -4.41. The molecule has 0 aliphatic carbocycles. The van der Waals surface area contributed by atoms with Crippen molar-refractivity contribution < 1.29 is 9.18 Å². The number of aromatic nitrogens is 2. The molecule has 8 nitrogen and oxygen atoms in total. The van der Waals surface area contributed by atoms with Crippen LogP contribution in [0.5, 0.6) is 0 Å². The largest absolute Gasteiger partial charge is 0.381 e. The Morgan fingerprint density at radius 1 is 0.921 bits per heavy atom. The average molecular weight is 550 g/mol. The zero-order valence-corrected chi connectivity index (χ0v) is 21.3. The van der Waals surface area contributed by atoms with E-state index < -0.39 is 17.3 Å². The summed E-state index contributed by atoms with van der Waals surface area (Å²) in [4.78, 5) is 41.8. The third-order valence-corrected chi connectivity index (χ3v) is 6.97. The zero-order chi connectivity index (χ0) is 26.6. The van der Waals surface area contributed by atoms with Gasteiger partial charge in [-0.05, 0) is 72.3 Å². The molecule has 38 heavy (non-hydrogen) atoms. The molecule has 0 spiro atoms.